The van der Waals surface area contributed by atoms with Crippen molar-refractivity contribution in [3.8, 4) is 5.69 Å². The molecule has 1 heterocycles. The highest BCUT2D eigenvalue weighted by Gasteiger charge is 2.31. The lowest BCUT2D eigenvalue weighted by Crippen LogP contribution is -2.16. The molecule has 0 aliphatic rings. The van der Waals surface area contributed by atoms with Crippen LogP contribution in [0.4, 0.5) is 13.2 Å². The average molecular weight is 340 g/mol. The minimum atomic E-state index is -4.50. The fraction of sp³-hybridized carbons (Fsp3) is 0.111. The molecule has 1 aromatic heterocycles. The minimum absolute atomic E-state index is 0.00813. The number of nitrogens with one attached hydrogen (secondary N) is 2. The zero-order valence-corrected chi connectivity index (χ0v) is 10.9. The second kappa shape index (κ2) is 4.39. The molecule has 4 nitrogen and oxygen atoms in total. The molecule has 0 bridgehead atoms. The van der Waals surface area contributed by atoms with Crippen molar-refractivity contribution in [2.45, 2.75) is 6.18 Å². The van der Waals surface area contributed by atoms with Crippen LogP contribution in [0, 0.1) is 4.77 Å². The molecule has 2 N–H and O–H groups in total. The quantitative estimate of drug-likeness (QED) is 0.784. The Balaban J connectivity index is 2.71. The number of benzene rings is 1. The number of hydrogen-bond acceptors (Lipinski definition) is 2. The number of rotatable bonds is 1. The van der Waals surface area contributed by atoms with Crippen LogP contribution in [0.3, 0.4) is 0 Å². The maximum Gasteiger partial charge on any atom is 0.416 e. The number of aromatic nitrogens is 3. The molecule has 2 rings (SSSR count). The van der Waals surface area contributed by atoms with Crippen LogP contribution in [-0.4, -0.2) is 14.8 Å². The smallest absolute Gasteiger partial charge is 0.272 e. The van der Waals surface area contributed by atoms with Gasteiger partial charge in [-0.3, -0.25) is 5.10 Å². The lowest BCUT2D eigenvalue weighted by Gasteiger charge is -2.09. The Morgan fingerprint density at radius 2 is 1.89 bits per heavy atom. The molecule has 0 fully saturated rings. The average Bonchev–Trinajstić information content (AvgIpc) is 2.56. The molecule has 0 radical (unpaired) electrons. The number of alkyl halides is 3. The van der Waals surface area contributed by atoms with Crippen molar-refractivity contribution in [2.75, 3.05) is 0 Å². The van der Waals surface area contributed by atoms with Crippen LogP contribution >= 0.6 is 28.1 Å². The van der Waals surface area contributed by atoms with E-state index in [0.717, 1.165) is 16.7 Å². The van der Waals surface area contributed by atoms with E-state index in [1.807, 2.05) is 0 Å². The molecule has 18 heavy (non-hydrogen) atoms. The molecule has 1 aromatic carbocycles. The maximum absolute atomic E-state index is 12.6. The van der Waals surface area contributed by atoms with Gasteiger partial charge in [-0.1, -0.05) is 15.9 Å². The third kappa shape index (κ3) is 2.41. The monoisotopic (exact) mass is 339 g/mol. The summed E-state index contributed by atoms with van der Waals surface area (Å²) in [4.78, 5) is 11.4. The zero-order chi connectivity index (χ0) is 13.5. The first-order chi connectivity index (χ1) is 8.29. The van der Waals surface area contributed by atoms with Crippen molar-refractivity contribution in [3.63, 3.8) is 0 Å². The van der Waals surface area contributed by atoms with Gasteiger partial charge in [-0.2, -0.15) is 13.2 Å². The summed E-state index contributed by atoms with van der Waals surface area (Å²) >= 11 is 7.78. The van der Waals surface area contributed by atoms with Gasteiger partial charge in [-0.05, 0) is 30.4 Å². The molecule has 9 heteroatoms. The van der Waals surface area contributed by atoms with Crippen molar-refractivity contribution in [1.29, 1.82) is 0 Å². The van der Waals surface area contributed by atoms with Crippen LogP contribution in [0.25, 0.3) is 5.69 Å². The van der Waals surface area contributed by atoms with E-state index >= 15 is 0 Å². The molecule has 0 amide bonds. The molecule has 96 valence electrons. The fourth-order valence-corrected chi connectivity index (χ4v) is 2.13. The van der Waals surface area contributed by atoms with Crippen molar-refractivity contribution >= 4 is 28.1 Å². The summed E-state index contributed by atoms with van der Waals surface area (Å²) in [5.74, 6) is 0. The molecule has 0 atom stereocenters. The van der Waals surface area contributed by atoms with Crippen LogP contribution in [-0.2, 0) is 6.18 Å². The van der Waals surface area contributed by atoms with Gasteiger partial charge in [0.15, 0.2) is 0 Å². The zero-order valence-electron chi connectivity index (χ0n) is 8.51. The summed E-state index contributed by atoms with van der Waals surface area (Å²) in [6, 6.07) is 3.14. The Labute approximate surface area is 112 Å². The van der Waals surface area contributed by atoms with Crippen molar-refractivity contribution in [2.24, 2.45) is 0 Å². The summed E-state index contributed by atoms with van der Waals surface area (Å²) in [6.45, 7) is 0. The van der Waals surface area contributed by atoms with E-state index in [1.54, 1.807) is 0 Å². The number of halogens is 4. The van der Waals surface area contributed by atoms with E-state index in [4.69, 9.17) is 12.2 Å². The topological polar surface area (TPSA) is 53.6 Å². The molecule has 0 aliphatic heterocycles. The first kappa shape index (κ1) is 13.1. The van der Waals surface area contributed by atoms with Crippen molar-refractivity contribution < 1.29 is 13.2 Å². The number of aromatic amines is 2. The highest BCUT2D eigenvalue weighted by molar-refractivity contribution is 9.10. The Morgan fingerprint density at radius 1 is 1.22 bits per heavy atom. The normalized spacial score (nSPS) is 11.8. The first-order valence-corrected chi connectivity index (χ1v) is 5.77. The van der Waals surface area contributed by atoms with Crippen LogP contribution in [0.1, 0.15) is 5.56 Å². The first-order valence-electron chi connectivity index (χ1n) is 4.57. The Kier molecular flexibility index (Phi) is 3.20. The van der Waals surface area contributed by atoms with Gasteiger partial charge in [0.2, 0.25) is 4.77 Å². The van der Waals surface area contributed by atoms with E-state index in [2.05, 4.69) is 26.1 Å². The van der Waals surface area contributed by atoms with Gasteiger partial charge < -0.3 is 0 Å². The van der Waals surface area contributed by atoms with Gasteiger partial charge in [0.1, 0.15) is 0 Å². The third-order valence-corrected chi connectivity index (χ3v) is 2.89. The van der Waals surface area contributed by atoms with Gasteiger partial charge in [0, 0.05) is 4.47 Å². The van der Waals surface area contributed by atoms with E-state index in [0.29, 0.717) is 0 Å². The van der Waals surface area contributed by atoms with Crippen LogP contribution in [0.5, 0.6) is 0 Å². The van der Waals surface area contributed by atoms with Crippen LogP contribution < -0.4 is 5.69 Å². The van der Waals surface area contributed by atoms with Crippen LogP contribution in [0.15, 0.2) is 27.5 Å². The number of hydrogen-bond donors (Lipinski definition) is 2. The largest absolute Gasteiger partial charge is 0.416 e. The van der Waals surface area contributed by atoms with Crippen molar-refractivity contribution in [3.05, 3.63) is 43.5 Å². The van der Waals surface area contributed by atoms with E-state index < -0.39 is 17.4 Å². The predicted molar refractivity (Wildman–Crippen MR) is 64.3 cm³/mol. The highest BCUT2D eigenvalue weighted by atomic mass is 79.9. The second-order valence-corrected chi connectivity index (χ2v) is 4.69. The second-order valence-electron chi connectivity index (χ2n) is 3.39. The summed E-state index contributed by atoms with van der Waals surface area (Å²) in [7, 11) is 0. The van der Waals surface area contributed by atoms with E-state index in [-0.39, 0.29) is 14.9 Å². The standard InChI is InChI=1S/C9H5BrF3N3OS/c10-5-1-4(9(11,12)13)2-6(3-5)16-7(17)14-15-8(16)18/h1-3H,(H,14,17)(H,15,18). The summed E-state index contributed by atoms with van der Waals surface area (Å²) < 4.78 is 39.1. The minimum Gasteiger partial charge on any atom is -0.272 e. The van der Waals surface area contributed by atoms with Crippen LogP contribution in [0.2, 0.25) is 0 Å². The maximum atomic E-state index is 12.6. The molecule has 0 spiro atoms. The molecule has 0 unspecified atom stereocenters. The number of H-pyrrole nitrogens is 2. The van der Waals surface area contributed by atoms with Gasteiger partial charge in [0.05, 0.1) is 11.3 Å². The van der Waals surface area contributed by atoms with Gasteiger partial charge in [-0.25, -0.2) is 14.5 Å². The molecule has 0 aliphatic carbocycles. The SMILES string of the molecule is O=c1[nH][nH]c(=S)n1-c1cc(Br)cc(C(F)(F)F)c1. The van der Waals surface area contributed by atoms with E-state index in [1.165, 1.54) is 6.07 Å². The lowest BCUT2D eigenvalue weighted by atomic mass is 10.2. The highest BCUT2D eigenvalue weighted by Crippen LogP contribution is 2.32. The molecular formula is C9H5BrF3N3OS. The molecular weight excluding hydrogens is 335 g/mol. The molecule has 0 saturated heterocycles. The van der Waals surface area contributed by atoms with Gasteiger partial charge >= 0.3 is 11.9 Å². The van der Waals surface area contributed by atoms with Crippen molar-refractivity contribution in [1.82, 2.24) is 14.8 Å². The van der Waals surface area contributed by atoms with E-state index in [9.17, 15) is 18.0 Å². The Bertz CT molecular complexity index is 673. The Hall–Kier alpha value is -1.35. The summed E-state index contributed by atoms with van der Waals surface area (Å²) in [6.07, 6.45) is -4.50. The fourth-order valence-electron chi connectivity index (χ4n) is 1.41. The summed E-state index contributed by atoms with van der Waals surface area (Å²) in [5, 5.41) is 4.55. The lowest BCUT2D eigenvalue weighted by molar-refractivity contribution is -0.137. The summed E-state index contributed by atoms with van der Waals surface area (Å²) in [5.41, 5.74) is -1.47. The predicted octanol–water partition coefficient (Wildman–Crippen LogP) is 3.00. The molecule has 0 saturated carbocycles. The van der Waals surface area contributed by atoms with Gasteiger partial charge in [0.25, 0.3) is 0 Å². The third-order valence-electron chi connectivity index (χ3n) is 2.15. The number of nitrogens with zero attached hydrogens (tertiary/aromatic N) is 1. The molecule has 2 aromatic rings. The van der Waals surface area contributed by atoms with Gasteiger partial charge in [-0.15, -0.1) is 0 Å². The Morgan fingerprint density at radius 3 is 2.39 bits per heavy atom.